The number of hydrogen-bond acceptors (Lipinski definition) is 4. The van der Waals surface area contributed by atoms with Crippen LogP contribution in [0.4, 0.5) is 0 Å². The molecule has 2 aromatic heterocycles. The van der Waals surface area contributed by atoms with Crippen LogP contribution in [0.5, 0.6) is 11.6 Å². The predicted molar refractivity (Wildman–Crippen MR) is 60.5 cm³/mol. The van der Waals surface area contributed by atoms with Gasteiger partial charge >= 0.3 is 5.97 Å². The fourth-order valence-electron chi connectivity index (χ4n) is 1.14. The number of ether oxygens (including phenoxy) is 1. The van der Waals surface area contributed by atoms with Crippen LogP contribution in [-0.4, -0.2) is 21.0 Å². The average molecular weight is 251 g/mol. The van der Waals surface area contributed by atoms with Crippen LogP contribution in [0.15, 0.2) is 36.8 Å². The number of nitrogens with zero attached hydrogens (tertiary/aromatic N) is 2. The van der Waals surface area contributed by atoms with Crippen molar-refractivity contribution in [3.63, 3.8) is 0 Å². The highest BCUT2D eigenvalue weighted by atomic mass is 35.5. The molecule has 5 nitrogen and oxygen atoms in total. The van der Waals surface area contributed by atoms with Gasteiger partial charge in [-0.25, -0.2) is 9.78 Å². The van der Waals surface area contributed by atoms with Crippen molar-refractivity contribution in [1.29, 1.82) is 0 Å². The number of carboxylic acid groups (broad SMARTS) is 1. The van der Waals surface area contributed by atoms with Crippen LogP contribution in [0, 0.1) is 0 Å². The number of hydrogen-bond donors (Lipinski definition) is 1. The minimum absolute atomic E-state index is 0.00790. The van der Waals surface area contributed by atoms with Gasteiger partial charge in [-0.15, -0.1) is 0 Å². The van der Waals surface area contributed by atoms with Crippen LogP contribution in [0.2, 0.25) is 5.02 Å². The van der Waals surface area contributed by atoms with E-state index in [0.29, 0.717) is 5.75 Å². The molecule has 6 heteroatoms. The van der Waals surface area contributed by atoms with E-state index in [4.69, 9.17) is 21.4 Å². The molecule has 1 N–H and O–H groups in total. The third-order valence-corrected chi connectivity index (χ3v) is 2.17. The van der Waals surface area contributed by atoms with Crippen molar-refractivity contribution in [1.82, 2.24) is 9.97 Å². The van der Waals surface area contributed by atoms with Crippen LogP contribution in [0.1, 0.15) is 10.4 Å². The lowest BCUT2D eigenvalue weighted by Gasteiger charge is -2.05. The van der Waals surface area contributed by atoms with E-state index in [-0.39, 0.29) is 16.5 Å². The Bertz CT molecular complexity index is 546. The molecule has 2 heterocycles. The van der Waals surface area contributed by atoms with E-state index in [1.165, 1.54) is 18.5 Å². The van der Waals surface area contributed by atoms with E-state index in [1.807, 2.05) is 0 Å². The fraction of sp³-hybridized carbons (Fsp3) is 0. The summed E-state index contributed by atoms with van der Waals surface area (Å²) in [5.41, 5.74) is 0.00790. The molecule has 0 aromatic carbocycles. The second-order valence-electron chi connectivity index (χ2n) is 3.11. The molecular weight excluding hydrogens is 244 g/mol. The summed E-state index contributed by atoms with van der Waals surface area (Å²) in [5, 5.41) is 8.87. The summed E-state index contributed by atoms with van der Waals surface area (Å²) in [6.07, 6.45) is 4.29. The van der Waals surface area contributed by atoms with Gasteiger partial charge in [-0.1, -0.05) is 11.6 Å². The molecule has 0 aliphatic carbocycles. The molecule has 0 aliphatic rings. The largest absolute Gasteiger partial charge is 0.478 e. The normalized spacial score (nSPS) is 9.94. The Balaban J connectivity index is 2.26. The number of carboxylic acids is 1. The van der Waals surface area contributed by atoms with Crippen molar-refractivity contribution in [3.05, 3.63) is 47.4 Å². The molecule has 0 radical (unpaired) electrons. The molecule has 0 spiro atoms. The summed E-state index contributed by atoms with van der Waals surface area (Å²) in [4.78, 5) is 18.4. The van der Waals surface area contributed by atoms with Gasteiger partial charge in [-0.2, -0.15) is 0 Å². The van der Waals surface area contributed by atoms with Crippen LogP contribution >= 0.6 is 11.6 Å². The van der Waals surface area contributed by atoms with Gasteiger partial charge in [0.25, 0.3) is 0 Å². The van der Waals surface area contributed by atoms with E-state index < -0.39 is 5.97 Å². The number of pyridine rings is 2. The second kappa shape index (κ2) is 4.80. The van der Waals surface area contributed by atoms with Gasteiger partial charge in [0.15, 0.2) is 0 Å². The molecule has 0 saturated carbocycles. The summed E-state index contributed by atoms with van der Waals surface area (Å²) in [6.45, 7) is 0. The van der Waals surface area contributed by atoms with Crippen LogP contribution in [0.25, 0.3) is 0 Å². The lowest BCUT2D eigenvalue weighted by molar-refractivity contribution is 0.0696. The van der Waals surface area contributed by atoms with E-state index in [2.05, 4.69) is 9.97 Å². The van der Waals surface area contributed by atoms with Gasteiger partial charge in [0.05, 0.1) is 11.8 Å². The zero-order valence-electron chi connectivity index (χ0n) is 8.50. The molecule has 2 aromatic rings. The summed E-state index contributed by atoms with van der Waals surface area (Å²) in [6, 6.07) is 4.67. The quantitative estimate of drug-likeness (QED) is 0.907. The number of carbonyl (C=O) groups is 1. The first kappa shape index (κ1) is 11.3. The molecule has 17 heavy (non-hydrogen) atoms. The van der Waals surface area contributed by atoms with E-state index >= 15 is 0 Å². The summed E-state index contributed by atoms with van der Waals surface area (Å²) in [5.74, 6) is -0.470. The second-order valence-corrected chi connectivity index (χ2v) is 3.51. The molecule has 0 atom stereocenters. The Kier molecular flexibility index (Phi) is 3.20. The number of halogens is 1. The van der Waals surface area contributed by atoms with Crippen molar-refractivity contribution < 1.29 is 14.6 Å². The molecule has 2 rings (SSSR count). The first-order valence-corrected chi connectivity index (χ1v) is 5.01. The fourth-order valence-corrected chi connectivity index (χ4v) is 1.34. The molecule has 0 fully saturated rings. The van der Waals surface area contributed by atoms with Gasteiger partial charge in [0.2, 0.25) is 5.88 Å². The maximum absolute atomic E-state index is 10.7. The molecule has 0 unspecified atom stereocenters. The predicted octanol–water partition coefficient (Wildman–Crippen LogP) is 2.62. The van der Waals surface area contributed by atoms with Crippen LogP contribution in [0.3, 0.4) is 0 Å². The Labute approximate surface area is 102 Å². The van der Waals surface area contributed by atoms with Crippen molar-refractivity contribution in [2.24, 2.45) is 0 Å². The van der Waals surface area contributed by atoms with Crippen molar-refractivity contribution in [2.45, 2.75) is 0 Å². The zero-order valence-corrected chi connectivity index (χ0v) is 9.26. The van der Waals surface area contributed by atoms with Gasteiger partial charge in [0, 0.05) is 12.4 Å². The maximum Gasteiger partial charge on any atom is 0.337 e. The Morgan fingerprint density at radius 2 is 2.24 bits per heavy atom. The highest BCUT2D eigenvalue weighted by molar-refractivity contribution is 6.32. The Morgan fingerprint density at radius 1 is 1.41 bits per heavy atom. The average Bonchev–Trinajstić information content (AvgIpc) is 2.33. The number of rotatable bonds is 3. The zero-order chi connectivity index (χ0) is 12.3. The highest BCUT2D eigenvalue weighted by Crippen LogP contribution is 2.26. The molecule has 0 bridgehead atoms. The third kappa shape index (κ3) is 2.70. The summed E-state index contributed by atoms with van der Waals surface area (Å²) >= 11 is 5.85. The van der Waals surface area contributed by atoms with Gasteiger partial charge in [0.1, 0.15) is 10.8 Å². The Morgan fingerprint density at radius 3 is 2.82 bits per heavy atom. The van der Waals surface area contributed by atoms with Crippen LogP contribution < -0.4 is 4.74 Å². The van der Waals surface area contributed by atoms with Gasteiger partial charge < -0.3 is 9.84 Å². The van der Waals surface area contributed by atoms with E-state index in [0.717, 1.165) is 0 Å². The lowest BCUT2D eigenvalue weighted by Crippen LogP contribution is -1.98. The molecule has 0 aliphatic heterocycles. The molecular formula is C11H7ClN2O3. The summed E-state index contributed by atoms with van der Waals surface area (Å²) in [7, 11) is 0. The van der Waals surface area contributed by atoms with Gasteiger partial charge in [-0.05, 0) is 18.2 Å². The lowest BCUT2D eigenvalue weighted by atomic mass is 10.3. The monoisotopic (exact) mass is 250 g/mol. The maximum atomic E-state index is 10.7. The first-order valence-electron chi connectivity index (χ1n) is 4.63. The minimum atomic E-state index is -1.09. The van der Waals surface area contributed by atoms with Crippen LogP contribution in [-0.2, 0) is 0 Å². The smallest absolute Gasteiger partial charge is 0.337 e. The van der Waals surface area contributed by atoms with Gasteiger partial charge in [-0.3, -0.25) is 4.98 Å². The SMILES string of the molecule is O=C(O)c1cnc(Oc2cccnc2)c(Cl)c1. The number of aromatic carboxylic acids is 1. The standard InChI is InChI=1S/C11H7ClN2O3/c12-9-4-7(11(15)16)5-14-10(9)17-8-2-1-3-13-6-8/h1-6H,(H,15,16). The van der Waals surface area contributed by atoms with Crippen molar-refractivity contribution in [3.8, 4) is 11.6 Å². The first-order chi connectivity index (χ1) is 8.16. The molecule has 0 amide bonds. The molecule has 86 valence electrons. The molecule has 0 saturated heterocycles. The summed E-state index contributed by atoms with van der Waals surface area (Å²) < 4.78 is 5.35. The highest BCUT2D eigenvalue weighted by Gasteiger charge is 2.10. The van der Waals surface area contributed by atoms with E-state index in [9.17, 15) is 4.79 Å². The number of aromatic nitrogens is 2. The van der Waals surface area contributed by atoms with E-state index in [1.54, 1.807) is 18.3 Å². The third-order valence-electron chi connectivity index (χ3n) is 1.90. The topological polar surface area (TPSA) is 72.3 Å². The van der Waals surface area contributed by atoms with Crippen molar-refractivity contribution >= 4 is 17.6 Å². The minimum Gasteiger partial charge on any atom is -0.478 e. The Hall–Kier alpha value is -2.14. The van der Waals surface area contributed by atoms with Crippen molar-refractivity contribution in [2.75, 3.05) is 0 Å².